The van der Waals surface area contributed by atoms with Crippen molar-refractivity contribution < 1.29 is 14.2 Å². The van der Waals surface area contributed by atoms with E-state index in [4.69, 9.17) is 14.2 Å². The van der Waals surface area contributed by atoms with E-state index in [0.29, 0.717) is 18.8 Å². The van der Waals surface area contributed by atoms with Crippen molar-refractivity contribution in [2.45, 2.75) is 31.1 Å². The Labute approximate surface area is 178 Å². The summed E-state index contributed by atoms with van der Waals surface area (Å²) in [5, 5.41) is 0. The highest BCUT2D eigenvalue weighted by molar-refractivity contribution is 5.30. The first kappa shape index (κ1) is 19.7. The van der Waals surface area contributed by atoms with Gasteiger partial charge in [0.15, 0.2) is 6.29 Å². The highest BCUT2D eigenvalue weighted by Gasteiger charge is 2.41. The van der Waals surface area contributed by atoms with E-state index < -0.39 is 30.2 Å². The molecule has 4 atom stereocenters. The largest absolute Gasteiger partial charge is 0.376 e. The Kier molecular flexibility index (Phi) is 5.19. The minimum atomic E-state index is -0.583. The molecular formula is C23H23N3O5. The lowest BCUT2D eigenvalue weighted by atomic mass is 10.0. The molecule has 31 heavy (non-hydrogen) atoms. The van der Waals surface area contributed by atoms with E-state index in [-0.39, 0.29) is 5.69 Å². The molecule has 0 bridgehead atoms. The molecule has 3 heterocycles. The van der Waals surface area contributed by atoms with Crippen LogP contribution >= 0.6 is 0 Å². The molecule has 1 saturated heterocycles. The van der Waals surface area contributed by atoms with Crippen molar-refractivity contribution in [1.82, 2.24) is 13.9 Å². The number of aromatic nitrogens is 3. The second-order valence-electron chi connectivity index (χ2n) is 7.53. The van der Waals surface area contributed by atoms with Crippen LogP contribution in [0, 0.1) is 0 Å². The summed E-state index contributed by atoms with van der Waals surface area (Å²) in [6.45, 7) is 0.622. The molecule has 5 rings (SSSR count). The molecule has 8 nitrogen and oxygen atoms in total. The smallest absolute Gasteiger partial charge is 0.352 e. The Morgan fingerprint density at radius 1 is 0.968 bits per heavy atom. The summed E-state index contributed by atoms with van der Waals surface area (Å²) in [4.78, 5) is 26.5. The van der Waals surface area contributed by atoms with Crippen molar-refractivity contribution in [3.63, 3.8) is 0 Å². The maximum absolute atomic E-state index is 13.4. The standard InChI is InChI=1S/C23H23N3O5/c1-29-19-15-30-21(16-9-4-2-5-10-16)31-20(19)18-13-8-14-24-22(27)25(23(28)26(18)24)17-11-6-3-7-12-17/h2-13,18-21H,14-15H2,1H3/t18-,19+,20-,21+/m0/s1. The quantitative estimate of drug-likeness (QED) is 0.603. The average Bonchev–Trinajstić information content (AvgIpc) is 3.10. The Balaban J connectivity index is 1.56. The van der Waals surface area contributed by atoms with Crippen molar-refractivity contribution in [1.29, 1.82) is 0 Å². The summed E-state index contributed by atoms with van der Waals surface area (Å²) < 4.78 is 21.9. The van der Waals surface area contributed by atoms with Gasteiger partial charge in [-0.3, -0.25) is 0 Å². The Hall–Kier alpha value is -3.20. The van der Waals surface area contributed by atoms with Crippen LogP contribution in [-0.2, 0) is 20.8 Å². The number of hydrogen-bond acceptors (Lipinski definition) is 5. The number of ether oxygens (including phenoxy) is 3. The van der Waals surface area contributed by atoms with Crippen LogP contribution in [0.3, 0.4) is 0 Å². The van der Waals surface area contributed by atoms with Gasteiger partial charge in [-0.15, -0.1) is 0 Å². The maximum atomic E-state index is 13.4. The summed E-state index contributed by atoms with van der Waals surface area (Å²) in [5.74, 6) is 0. The Morgan fingerprint density at radius 3 is 2.39 bits per heavy atom. The molecule has 1 fully saturated rings. The predicted octanol–water partition coefficient (Wildman–Crippen LogP) is 2.04. The van der Waals surface area contributed by atoms with Crippen LogP contribution in [0.15, 0.2) is 82.4 Å². The molecule has 2 aliphatic rings. The molecule has 0 amide bonds. The highest BCUT2D eigenvalue weighted by atomic mass is 16.7. The fraction of sp³-hybridized carbons (Fsp3) is 0.304. The van der Waals surface area contributed by atoms with E-state index in [1.807, 2.05) is 48.6 Å². The molecule has 2 aromatic carbocycles. The minimum Gasteiger partial charge on any atom is -0.376 e. The van der Waals surface area contributed by atoms with Crippen LogP contribution in [0.4, 0.5) is 0 Å². The Bertz CT molecular complexity index is 1200. The molecule has 0 N–H and O–H groups in total. The lowest BCUT2D eigenvalue weighted by Gasteiger charge is -2.40. The van der Waals surface area contributed by atoms with Gasteiger partial charge in [-0.1, -0.05) is 60.7 Å². The van der Waals surface area contributed by atoms with Crippen molar-refractivity contribution >= 4 is 0 Å². The summed E-state index contributed by atoms with van der Waals surface area (Å²) in [5.41, 5.74) is 0.621. The molecule has 0 unspecified atom stereocenters. The summed E-state index contributed by atoms with van der Waals surface area (Å²) in [7, 11) is 1.59. The SMILES string of the molecule is CO[C@@H]1CO[C@@H](c2ccccc2)O[C@H]1[C@@H]1C=CCn2c(=O)n(-c3ccccc3)c(=O)n21. The normalized spacial score (nSPS) is 25.3. The summed E-state index contributed by atoms with van der Waals surface area (Å²) in [6, 6.07) is 18.0. The van der Waals surface area contributed by atoms with Crippen molar-refractivity contribution in [2.75, 3.05) is 13.7 Å². The first-order valence-corrected chi connectivity index (χ1v) is 10.2. The first-order chi connectivity index (χ1) is 15.2. The van der Waals surface area contributed by atoms with Gasteiger partial charge in [0.2, 0.25) is 0 Å². The number of hydrogen-bond donors (Lipinski definition) is 0. The number of para-hydroxylation sites is 1. The molecule has 160 valence electrons. The van der Waals surface area contributed by atoms with Crippen LogP contribution in [0.2, 0.25) is 0 Å². The molecule has 0 radical (unpaired) electrons. The number of fused-ring (bicyclic) bond motifs is 1. The molecule has 3 aromatic rings. The van der Waals surface area contributed by atoms with E-state index in [0.717, 1.165) is 5.56 Å². The van der Waals surface area contributed by atoms with Crippen LogP contribution < -0.4 is 11.4 Å². The minimum absolute atomic E-state index is 0.309. The van der Waals surface area contributed by atoms with Crippen LogP contribution in [0.1, 0.15) is 17.9 Å². The fourth-order valence-corrected chi connectivity index (χ4v) is 4.21. The van der Waals surface area contributed by atoms with Crippen LogP contribution in [0.25, 0.3) is 5.69 Å². The van der Waals surface area contributed by atoms with Gasteiger partial charge in [0.1, 0.15) is 18.2 Å². The third-order valence-corrected chi connectivity index (χ3v) is 5.74. The van der Waals surface area contributed by atoms with Gasteiger partial charge in [0.25, 0.3) is 0 Å². The van der Waals surface area contributed by atoms with E-state index in [1.165, 1.54) is 13.9 Å². The third-order valence-electron chi connectivity index (χ3n) is 5.74. The highest BCUT2D eigenvalue weighted by Crippen LogP contribution is 2.33. The second kappa shape index (κ2) is 8.14. The van der Waals surface area contributed by atoms with Gasteiger partial charge in [-0.2, -0.15) is 0 Å². The molecule has 0 saturated carbocycles. The van der Waals surface area contributed by atoms with E-state index in [1.54, 1.807) is 31.4 Å². The fourth-order valence-electron chi connectivity index (χ4n) is 4.21. The number of rotatable bonds is 4. The van der Waals surface area contributed by atoms with E-state index >= 15 is 0 Å². The third kappa shape index (κ3) is 3.38. The van der Waals surface area contributed by atoms with Gasteiger partial charge in [-0.25, -0.2) is 23.5 Å². The van der Waals surface area contributed by atoms with Crippen LogP contribution in [0.5, 0.6) is 0 Å². The van der Waals surface area contributed by atoms with Gasteiger partial charge in [0, 0.05) is 12.7 Å². The molecule has 0 spiro atoms. The molecular weight excluding hydrogens is 398 g/mol. The lowest BCUT2D eigenvalue weighted by molar-refractivity contribution is -0.269. The zero-order chi connectivity index (χ0) is 21.4. The topological polar surface area (TPSA) is 76.6 Å². The van der Waals surface area contributed by atoms with Crippen molar-refractivity contribution in [2.24, 2.45) is 0 Å². The van der Waals surface area contributed by atoms with Gasteiger partial charge < -0.3 is 14.2 Å². The molecule has 0 aliphatic carbocycles. The molecule has 1 aromatic heterocycles. The Morgan fingerprint density at radius 2 is 1.68 bits per heavy atom. The lowest BCUT2D eigenvalue weighted by Crippen LogP contribution is -2.49. The zero-order valence-electron chi connectivity index (χ0n) is 17.0. The van der Waals surface area contributed by atoms with Gasteiger partial charge in [-0.05, 0) is 12.1 Å². The number of methoxy groups -OCH3 is 1. The maximum Gasteiger partial charge on any atom is 0.352 e. The predicted molar refractivity (Wildman–Crippen MR) is 113 cm³/mol. The second-order valence-corrected chi connectivity index (χ2v) is 7.53. The summed E-state index contributed by atoms with van der Waals surface area (Å²) >= 11 is 0. The monoisotopic (exact) mass is 421 g/mol. The van der Waals surface area contributed by atoms with Crippen LogP contribution in [-0.4, -0.2) is 39.9 Å². The van der Waals surface area contributed by atoms with Gasteiger partial charge >= 0.3 is 11.4 Å². The number of allylic oxidation sites excluding steroid dienone is 1. The molecule has 2 aliphatic heterocycles. The average molecular weight is 421 g/mol. The van der Waals surface area contributed by atoms with E-state index in [2.05, 4.69) is 0 Å². The van der Waals surface area contributed by atoms with E-state index in [9.17, 15) is 9.59 Å². The van der Waals surface area contributed by atoms with Crippen molar-refractivity contribution in [3.8, 4) is 5.69 Å². The zero-order valence-corrected chi connectivity index (χ0v) is 17.0. The number of benzene rings is 2. The van der Waals surface area contributed by atoms with Gasteiger partial charge in [0.05, 0.1) is 18.8 Å². The van der Waals surface area contributed by atoms with Crippen molar-refractivity contribution in [3.05, 3.63) is 99.3 Å². The number of nitrogens with zero attached hydrogens (tertiary/aromatic N) is 3. The summed E-state index contributed by atoms with van der Waals surface area (Å²) in [6.07, 6.45) is 2.28. The first-order valence-electron chi connectivity index (χ1n) is 10.2. The molecule has 8 heteroatoms.